The van der Waals surface area contributed by atoms with E-state index in [-0.39, 0.29) is 35.2 Å². The fraction of sp³-hybridized carbons (Fsp3) is 0.300. The largest absolute Gasteiger partial charge is 0.491 e. The van der Waals surface area contributed by atoms with Crippen molar-refractivity contribution in [3.8, 4) is 22.6 Å². The molecule has 0 heterocycles. The molecule has 3 nitrogen and oxygen atoms in total. The van der Waals surface area contributed by atoms with Crippen LogP contribution in [0.3, 0.4) is 0 Å². The molecule has 0 aromatic heterocycles. The topological polar surface area (TPSA) is 35.5 Å². The molecule has 0 radical (unpaired) electrons. The Bertz CT molecular complexity index is 1290. The van der Waals surface area contributed by atoms with E-state index in [0.717, 1.165) is 25.7 Å². The number of ether oxygens (including phenoxy) is 2. The molecule has 0 unspecified atom stereocenters. The number of esters is 1. The number of carbonyl (C=O) groups is 1. The summed E-state index contributed by atoms with van der Waals surface area (Å²) in [6.45, 7) is 3.83. The van der Waals surface area contributed by atoms with Crippen LogP contribution in [0.2, 0.25) is 0 Å². The van der Waals surface area contributed by atoms with Gasteiger partial charge in [0, 0.05) is 5.56 Å². The molecule has 0 spiro atoms. The van der Waals surface area contributed by atoms with E-state index in [1.807, 2.05) is 13.0 Å². The third-order valence-electron chi connectivity index (χ3n) is 6.73. The Balaban J connectivity index is 1.46. The minimum Gasteiger partial charge on any atom is -0.491 e. The van der Waals surface area contributed by atoms with Crippen LogP contribution in [-0.2, 0) is 0 Å². The van der Waals surface area contributed by atoms with Gasteiger partial charge < -0.3 is 9.47 Å². The summed E-state index contributed by atoms with van der Waals surface area (Å²) in [7, 11) is 0. The summed E-state index contributed by atoms with van der Waals surface area (Å²) in [6, 6.07) is 11.0. The molecule has 3 aromatic carbocycles. The standard InChI is InChI=1S/C30H28F4O3/c1-3-5-18-6-8-19(9-7-18)22-14-15-24(28(33)26(22)31)30(35)37-21-12-10-20(11-13-21)23-16-17-25(36-4-2)29(34)27(23)32/h3,5,10-19H,4,6-9H2,1-2H3. The second-order valence-electron chi connectivity index (χ2n) is 9.05. The first-order valence-electron chi connectivity index (χ1n) is 12.4. The van der Waals surface area contributed by atoms with E-state index in [2.05, 4.69) is 6.08 Å². The van der Waals surface area contributed by atoms with Crippen LogP contribution in [0.1, 0.15) is 61.4 Å². The number of benzene rings is 3. The molecule has 3 aromatic rings. The molecule has 1 aliphatic carbocycles. The van der Waals surface area contributed by atoms with Crippen LogP contribution in [0.5, 0.6) is 11.5 Å². The first-order valence-corrected chi connectivity index (χ1v) is 12.4. The fourth-order valence-corrected chi connectivity index (χ4v) is 4.82. The lowest BCUT2D eigenvalue weighted by atomic mass is 9.78. The van der Waals surface area contributed by atoms with Gasteiger partial charge in [0.05, 0.1) is 12.2 Å². The summed E-state index contributed by atoms with van der Waals surface area (Å²) in [5.41, 5.74) is 0.113. The number of allylic oxidation sites excluding steroid dienone is 2. The zero-order valence-corrected chi connectivity index (χ0v) is 20.7. The number of hydrogen-bond donors (Lipinski definition) is 0. The third kappa shape index (κ3) is 5.71. The number of rotatable bonds is 7. The SMILES string of the molecule is CC=CC1CCC(c2ccc(C(=O)Oc3ccc(-c4ccc(OCC)c(F)c4F)cc3)c(F)c2F)CC1. The molecule has 1 fully saturated rings. The van der Waals surface area contributed by atoms with Crippen molar-refractivity contribution in [3.63, 3.8) is 0 Å². The highest BCUT2D eigenvalue weighted by Crippen LogP contribution is 2.38. The van der Waals surface area contributed by atoms with Crippen LogP contribution in [0.4, 0.5) is 17.6 Å². The minimum absolute atomic E-state index is 0.00211. The van der Waals surface area contributed by atoms with Gasteiger partial charge in [0.1, 0.15) is 5.75 Å². The summed E-state index contributed by atoms with van der Waals surface area (Å²) >= 11 is 0. The van der Waals surface area contributed by atoms with Gasteiger partial charge in [0.25, 0.3) is 0 Å². The maximum absolute atomic E-state index is 14.9. The molecule has 0 atom stereocenters. The van der Waals surface area contributed by atoms with Gasteiger partial charge >= 0.3 is 5.97 Å². The van der Waals surface area contributed by atoms with Crippen molar-refractivity contribution in [2.75, 3.05) is 6.61 Å². The Morgan fingerprint density at radius 3 is 2.22 bits per heavy atom. The van der Waals surface area contributed by atoms with Gasteiger partial charge in [-0.1, -0.05) is 30.4 Å². The van der Waals surface area contributed by atoms with Crippen LogP contribution >= 0.6 is 0 Å². The molecule has 0 aliphatic heterocycles. The first-order chi connectivity index (χ1) is 17.8. The highest BCUT2D eigenvalue weighted by atomic mass is 19.2. The van der Waals surface area contributed by atoms with Crippen molar-refractivity contribution >= 4 is 5.97 Å². The van der Waals surface area contributed by atoms with Gasteiger partial charge in [0.2, 0.25) is 5.82 Å². The quantitative estimate of drug-likeness (QED) is 0.138. The molecule has 0 amide bonds. The van der Waals surface area contributed by atoms with Crippen molar-refractivity contribution in [2.45, 2.75) is 45.4 Å². The van der Waals surface area contributed by atoms with Crippen LogP contribution in [0, 0.1) is 29.2 Å². The second-order valence-corrected chi connectivity index (χ2v) is 9.05. The summed E-state index contributed by atoms with van der Waals surface area (Å²) < 4.78 is 68.7. The van der Waals surface area contributed by atoms with E-state index in [1.165, 1.54) is 48.5 Å². The van der Waals surface area contributed by atoms with E-state index in [4.69, 9.17) is 9.47 Å². The van der Waals surface area contributed by atoms with Crippen LogP contribution in [0.15, 0.2) is 60.7 Å². The Kier molecular flexibility index (Phi) is 8.31. The van der Waals surface area contributed by atoms with Gasteiger partial charge in [-0.05, 0) is 92.8 Å². The van der Waals surface area contributed by atoms with Gasteiger partial charge in [-0.2, -0.15) is 4.39 Å². The number of carbonyl (C=O) groups excluding carboxylic acids is 1. The molecular formula is C30H28F4O3. The van der Waals surface area contributed by atoms with Crippen molar-refractivity contribution in [1.29, 1.82) is 0 Å². The number of hydrogen-bond acceptors (Lipinski definition) is 3. The lowest BCUT2D eigenvalue weighted by Gasteiger charge is -2.27. The third-order valence-corrected chi connectivity index (χ3v) is 6.73. The van der Waals surface area contributed by atoms with E-state index in [9.17, 15) is 22.4 Å². The molecule has 0 saturated heterocycles. The number of halogens is 4. The Labute approximate surface area is 213 Å². The smallest absolute Gasteiger partial charge is 0.346 e. The predicted molar refractivity (Wildman–Crippen MR) is 134 cm³/mol. The van der Waals surface area contributed by atoms with Crippen molar-refractivity contribution < 1.29 is 31.8 Å². The molecule has 1 aliphatic rings. The summed E-state index contributed by atoms with van der Waals surface area (Å²) in [4.78, 5) is 12.6. The zero-order valence-electron chi connectivity index (χ0n) is 20.7. The molecule has 1 saturated carbocycles. The highest BCUT2D eigenvalue weighted by molar-refractivity contribution is 5.91. The molecule has 7 heteroatoms. The highest BCUT2D eigenvalue weighted by Gasteiger charge is 2.27. The average molecular weight is 513 g/mol. The van der Waals surface area contributed by atoms with Gasteiger partial charge in [-0.15, -0.1) is 0 Å². The van der Waals surface area contributed by atoms with Crippen LogP contribution in [-0.4, -0.2) is 12.6 Å². The van der Waals surface area contributed by atoms with E-state index in [1.54, 1.807) is 6.92 Å². The summed E-state index contributed by atoms with van der Waals surface area (Å²) in [5, 5.41) is 0. The average Bonchev–Trinajstić information content (AvgIpc) is 2.90. The van der Waals surface area contributed by atoms with Gasteiger partial charge in [-0.3, -0.25) is 0 Å². The van der Waals surface area contributed by atoms with E-state index in [0.29, 0.717) is 11.5 Å². The lowest BCUT2D eigenvalue weighted by molar-refractivity contribution is 0.0728. The molecule has 37 heavy (non-hydrogen) atoms. The first kappa shape index (κ1) is 26.5. The van der Waals surface area contributed by atoms with Crippen molar-refractivity contribution in [2.24, 2.45) is 5.92 Å². The molecule has 194 valence electrons. The Morgan fingerprint density at radius 1 is 0.865 bits per heavy atom. The zero-order chi connectivity index (χ0) is 26.5. The minimum atomic E-state index is -1.23. The van der Waals surface area contributed by atoms with Crippen molar-refractivity contribution in [1.82, 2.24) is 0 Å². The Morgan fingerprint density at radius 2 is 1.57 bits per heavy atom. The van der Waals surface area contributed by atoms with E-state index >= 15 is 0 Å². The van der Waals surface area contributed by atoms with Crippen LogP contribution < -0.4 is 9.47 Å². The van der Waals surface area contributed by atoms with Gasteiger partial charge in [-0.25, -0.2) is 18.0 Å². The molecule has 4 rings (SSSR count). The monoisotopic (exact) mass is 512 g/mol. The normalized spacial score (nSPS) is 17.7. The predicted octanol–water partition coefficient (Wildman–Crippen LogP) is 8.38. The maximum Gasteiger partial charge on any atom is 0.346 e. The van der Waals surface area contributed by atoms with E-state index < -0.39 is 34.8 Å². The second kappa shape index (κ2) is 11.6. The molecular weight excluding hydrogens is 484 g/mol. The maximum atomic E-state index is 14.9. The van der Waals surface area contributed by atoms with Crippen molar-refractivity contribution in [3.05, 3.63) is 95.1 Å². The molecule has 0 N–H and O–H groups in total. The summed E-state index contributed by atoms with van der Waals surface area (Å²) in [5.74, 6) is -5.24. The summed E-state index contributed by atoms with van der Waals surface area (Å²) in [6.07, 6.45) is 7.47. The van der Waals surface area contributed by atoms with Crippen LogP contribution in [0.25, 0.3) is 11.1 Å². The van der Waals surface area contributed by atoms with Gasteiger partial charge in [0.15, 0.2) is 23.2 Å². The Hall–Kier alpha value is -3.61. The fourth-order valence-electron chi connectivity index (χ4n) is 4.82. The molecule has 0 bridgehead atoms. The lowest BCUT2D eigenvalue weighted by Crippen LogP contribution is -2.16.